The molecule has 2 unspecified atom stereocenters. The van der Waals surface area contributed by atoms with Gasteiger partial charge in [-0.3, -0.25) is 0 Å². The molecular weight excluding hydrogens is 254 g/mol. The molecule has 4 nitrogen and oxygen atoms in total. The van der Waals surface area contributed by atoms with Crippen molar-refractivity contribution in [3.05, 3.63) is 11.7 Å². The third-order valence-electron chi connectivity index (χ3n) is 2.68. The van der Waals surface area contributed by atoms with Crippen molar-refractivity contribution in [1.29, 1.82) is 0 Å². The van der Waals surface area contributed by atoms with E-state index in [-0.39, 0.29) is 5.92 Å². The summed E-state index contributed by atoms with van der Waals surface area (Å²) in [5.41, 5.74) is 0. The number of hydrogen-bond acceptors (Lipinski definition) is 6. The lowest BCUT2D eigenvalue weighted by atomic mass is 10.2. The molecule has 0 spiro atoms. The predicted molar refractivity (Wildman–Crippen MR) is 73.8 cm³/mol. The van der Waals surface area contributed by atoms with E-state index in [2.05, 4.69) is 29.3 Å². The second kappa shape index (κ2) is 6.66. The van der Waals surface area contributed by atoms with Crippen molar-refractivity contribution in [3.63, 3.8) is 0 Å². The molecule has 0 amide bonds. The maximum absolute atomic E-state index is 5.35. The monoisotopic (exact) mass is 273 g/mol. The molecule has 1 aromatic heterocycles. The molecule has 17 heavy (non-hydrogen) atoms. The molecule has 2 heterocycles. The van der Waals surface area contributed by atoms with Crippen LogP contribution < -0.4 is 5.32 Å². The zero-order chi connectivity index (χ0) is 12.1. The van der Waals surface area contributed by atoms with Gasteiger partial charge in [-0.25, -0.2) is 0 Å². The van der Waals surface area contributed by atoms with Gasteiger partial charge in [0, 0.05) is 29.7 Å². The van der Waals surface area contributed by atoms with E-state index in [9.17, 15) is 0 Å². The summed E-state index contributed by atoms with van der Waals surface area (Å²) in [5.74, 6) is 5.45. The second-order valence-electron chi connectivity index (χ2n) is 4.13. The quantitative estimate of drug-likeness (QED) is 0.888. The molecule has 1 aliphatic heterocycles. The van der Waals surface area contributed by atoms with Gasteiger partial charge < -0.3 is 9.84 Å². The molecule has 1 aliphatic rings. The third kappa shape index (κ3) is 3.63. The fourth-order valence-corrected chi connectivity index (χ4v) is 4.25. The third-order valence-corrected chi connectivity index (χ3v) is 5.43. The largest absolute Gasteiger partial charge is 0.339 e. The van der Waals surface area contributed by atoms with E-state index in [4.69, 9.17) is 4.52 Å². The van der Waals surface area contributed by atoms with Gasteiger partial charge in [0.25, 0.3) is 0 Å². The predicted octanol–water partition coefficient (Wildman–Crippen LogP) is 2.30. The second-order valence-corrected chi connectivity index (χ2v) is 6.59. The Labute approximate surface area is 111 Å². The van der Waals surface area contributed by atoms with E-state index < -0.39 is 0 Å². The van der Waals surface area contributed by atoms with E-state index in [1.165, 1.54) is 11.5 Å². The van der Waals surface area contributed by atoms with Crippen LogP contribution in [0.25, 0.3) is 0 Å². The van der Waals surface area contributed by atoms with Crippen LogP contribution in [0.5, 0.6) is 0 Å². The first-order chi connectivity index (χ1) is 8.31. The highest BCUT2D eigenvalue weighted by molar-refractivity contribution is 8.06. The summed E-state index contributed by atoms with van der Waals surface area (Å²) < 4.78 is 5.35. The number of nitrogens with zero attached hydrogens (tertiary/aromatic N) is 2. The highest BCUT2D eigenvalue weighted by atomic mass is 32.2. The lowest BCUT2D eigenvalue weighted by Gasteiger charge is -2.17. The molecule has 0 bridgehead atoms. The van der Waals surface area contributed by atoms with Gasteiger partial charge in [-0.1, -0.05) is 19.0 Å². The molecule has 0 aromatic carbocycles. The Bertz CT molecular complexity index is 339. The Morgan fingerprint density at radius 1 is 1.53 bits per heavy atom. The summed E-state index contributed by atoms with van der Waals surface area (Å²) in [6.45, 7) is 6.08. The number of rotatable bonds is 5. The van der Waals surface area contributed by atoms with E-state index in [0.717, 1.165) is 30.6 Å². The molecule has 1 aromatic rings. The SMILES string of the molecule is CCNCC(C)c1nc(C2CSCCS2)no1. The van der Waals surface area contributed by atoms with Crippen molar-refractivity contribution < 1.29 is 4.52 Å². The first-order valence-corrected chi connectivity index (χ1v) is 8.25. The Kier molecular flexibility index (Phi) is 5.18. The standard InChI is InChI=1S/C11H19N3OS2/c1-3-12-6-8(2)11-13-10(14-15-11)9-7-16-4-5-17-9/h8-9,12H,3-7H2,1-2H3. The minimum Gasteiger partial charge on any atom is -0.339 e. The summed E-state index contributed by atoms with van der Waals surface area (Å²) >= 11 is 3.91. The lowest BCUT2D eigenvalue weighted by molar-refractivity contribution is 0.351. The number of aromatic nitrogens is 2. The van der Waals surface area contributed by atoms with Crippen LogP contribution in [0.1, 0.15) is 36.7 Å². The number of nitrogens with one attached hydrogen (secondary N) is 1. The molecular formula is C11H19N3OS2. The van der Waals surface area contributed by atoms with Crippen LogP contribution in [0.4, 0.5) is 0 Å². The Balaban J connectivity index is 1.94. The van der Waals surface area contributed by atoms with Gasteiger partial charge in [0.05, 0.1) is 5.25 Å². The highest BCUT2D eigenvalue weighted by Crippen LogP contribution is 2.35. The molecule has 1 fully saturated rings. The van der Waals surface area contributed by atoms with Gasteiger partial charge in [-0.05, 0) is 6.54 Å². The number of thioether (sulfide) groups is 2. The van der Waals surface area contributed by atoms with Gasteiger partial charge in [-0.15, -0.1) is 11.8 Å². The zero-order valence-corrected chi connectivity index (χ0v) is 11.9. The van der Waals surface area contributed by atoms with Gasteiger partial charge in [0.1, 0.15) is 0 Å². The summed E-state index contributed by atoms with van der Waals surface area (Å²) in [5, 5.41) is 7.83. The van der Waals surface area contributed by atoms with Crippen LogP contribution in [0.3, 0.4) is 0 Å². The summed E-state index contributed by atoms with van der Waals surface area (Å²) in [7, 11) is 0. The van der Waals surface area contributed by atoms with Crippen LogP contribution in [0.2, 0.25) is 0 Å². The van der Waals surface area contributed by atoms with E-state index in [1.807, 2.05) is 23.5 Å². The summed E-state index contributed by atoms with van der Waals surface area (Å²) in [6.07, 6.45) is 0. The van der Waals surface area contributed by atoms with E-state index >= 15 is 0 Å². The van der Waals surface area contributed by atoms with Crippen LogP contribution >= 0.6 is 23.5 Å². The van der Waals surface area contributed by atoms with Crippen molar-refractivity contribution in [1.82, 2.24) is 15.5 Å². The average molecular weight is 273 g/mol. The smallest absolute Gasteiger partial charge is 0.230 e. The Morgan fingerprint density at radius 2 is 2.41 bits per heavy atom. The van der Waals surface area contributed by atoms with Gasteiger partial charge >= 0.3 is 0 Å². The number of likely N-dealkylation sites (N-methyl/N-ethyl adjacent to an activating group) is 1. The van der Waals surface area contributed by atoms with Crippen LogP contribution in [-0.4, -0.2) is 40.5 Å². The van der Waals surface area contributed by atoms with Crippen LogP contribution in [0.15, 0.2) is 4.52 Å². The minimum absolute atomic E-state index is 0.289. The average Bonchev–Trinajstić information content (AvgIpc) is 2.86. The zero-order valence-electron chi connectivity index (χ0n) is 10.3. The van der Waals surface area contributed by atoms with Gasteiger partial charge in [0.15, 0.2) is 5.82 Å². The molecule has 1 N–H and O–H groups in total. The van der Waals surface area contributed by atoms with Crippen LogP contribution in [-0.2, 0) is 0 Å². The fourth-order valence-electron chi connectivity index (χ4n) is 1.66. The summed E-state index contributed by atoms with van der Waals surface area (Å²) in [6, 6.07) is 0. The van der Waals surface area contributed by atoms with Crippen molar-refractivity contribution in [2.45, 2.75) is 25.0 Å². The summed E-state index contributed by atoms with van der Waals surface area (Å²) in [4.78, 5) is 4.53. The number of hydrogen-bond donors (Lipinski definition) is 1. The maximum Gasteiger partial charge on any atom is 0.230 e. The van der Waals surface area contributed by atoms with Crippen molar-refractivity contribution in [2.75, 3.05) is 30.3 Å². The molecule has 2 atom stereocenters. The molecule has 1 saturated heterocycles. The van der Waals surface area contributed by atoms with E-state index in [0.29, 0.717) is 5.25 Å². The molecule has 0 aliphatic carbocycles. The molecule has 0 radical (unpaired) electrons. The normalized spacial score (nSPS) is 22.6. The topological polar surface area (TPSA) is 51.0 Å². The van der Waals surface area contributed by atoms with Crippen molar-refractivity contribution in [3.8, 4) is 0 Å². The maximum atomic E-state index is 5.35. The Morgan fingerprint density at radius 3 is 3.12 bits per heavy atom. The van der Waals surface area contributed by atoms with E-state index in [1.54, 1.807) is 0 Å². The van der Waals surface area contributed by atoms with Crippen LogP contribution in [0, 0.1) is 0 Å². The lowest BCUT2D eigenvalue weighted by Crippen LogP contribution is -2.19. The molecule has 6 heteroatoms. The van der Waals surface area contributed by atoms with Gasteiger partial charge in [0.2, 0.25) is 5.89 Å². The first-order valence-electron chi connectivity index (χ1n) is 6.04. The minimum atomic E-state index is 0.289. The van der Waals surface area contributed by atoms with Crippen molar-refractivity contribution in [2.24, 2.45) is 0 Å². The highest BCUT2D eigenvalue weighted by Gasteiger charge is 2.23. The fraction of sp³-hybridized carbons (Fsp3) is 0.818. The molecule has 0 saturated carbocycles. The first kappa shape index (κ1) is 13.2. The molecule has 2 rings (SSSR count). The Hall–Kier alpha value is -0.200. The molecule has 96 valence electrons. The van der Waals surface area contributed by atoms with Crippen molar-refractivity contribution >= 4 is 23.5 Å². The van der Waals surface area contributed by atoms with Gasteiger partial charge in [-0.2, -0.15) is 16.7 Å².